The van der Waals surface area contributed by atoms with Crippen LogP contribution in [0.2, 0.25) is 0 Å². The van der Waals surface area contributed by atoms with Crippen molar-refractivity contribution in [1.29, 1.82) is 0 Å². The molecule has 1 saturated heterocycles. The van der Waals surface area contributed by atoms with Crippen LogP contribution in [-0.4, -0.2) is 48.4 Å². The quantitative estimate of drug-likeness (QED) is 0.722. The number of carbonyl (C=O) groups is 1. The molecule has 0 aromatic carbocycles. The molecule has 0 spiro atoms. The first-order valence-corrected chi connectivity index (χ1v) is 8.33. The summed E-state index contributed by atoms with van der Waals surface area (Å²) in [6.07, 6.45) is 9.74. The van der Waals surface area contributed by atoms with Crippen molar-refractivity contribution in [3.05, 3.63) is 11.6 Å². The third-order valence-corrected chi connectivity index (χ3v) is 4.44. The van der Waals surface area contributed by atoms with E-state index < -0.39 is 0 Å². The molecule has 20 heavy (non-hydrogen) atoms. The third-order valence-electron chi connectivity index (χ3n) is 4.44. The molecule has 0 atom stereocenters. The molecule has 2 rings (SSSR count). The van der Waals surface area contributed by atoms with Gasteiger partial charge >= 0.3 is 0 Å². The number of allylic oxidation sites excluding steroid dienone is 1. The zero-order chi connectivity index (χ0) is 14.4. The van der Waals surface area contributed by atoms with Gasteiger partial charge in [-0.15, -0.1) is 0 Å². The van der Waals surface area contributed by atoms with Crippen LogP contribution in [0.1, 0.15) is 52.4 Å². The van der Waals surface area contributed by atoms with Gasteiger partial charge in [-0.25, -0.2) is 0 Å². The average Bonchev–Trinajstić information content (AvgIpc) is 2.46. The summed E-state index contributed by atoms with van der Waals surface area (Å²) in [5.74, 6) is 0.813. The predicted molar refractivity (Wildman–Crippen MR) is 83.6 cm³/mol. The maximum Gasteiger partial charge on any atom is 0.222 e. The number of rotatable bonds is 5. The second-order valence-electron chi connectivity index (χ2n) is 6.68. The number of hydrogen-bond acceptors (Lipinski definition) is 2. The van der Waals surface area contributed by atoms with Gasteiger partial charge in [0.15, 0.2) is 0 Å². The fourth-order valence-electron chi connectivity index (χ4n) is 3.13. The van der Waals surface area contributed by atoms with Crippen LogP contribution < -0.4 is 0 Å². The van der Waals surface area contributed by atoms with Gasteiger partial charge in [0.05, 0.1) is 0 Å². The Balaban J connectivity index is 1.66. The van der Waals surface area contributed by atoms with E-state index in [0.717, 1.165) is 26.2 Å². The Kier molecular flexibility index (Phi) is 6.08. The van der Waals surface area contributed by atoms with E-state index in [-0.39, 0.29) is 0 Å². The molecule has 3 heteroatoms. The van der Waals surface area contributed by atoms with Gasteiger partial charge < -0.3 is 4.90 Å². The van der Waals surface area contributed by atoms with Crippen molar-refractivity contribution in [3.63, 3.8) is 0 Å². The monoisotopic (exact) mass is 278 g/mol. The number of carbonyl (C=O) groups excluding carboxylic acids is 1. The zero-order valence-electron chi connectivity index (χ0n) is 13.2. The minimum Gasteiger partial charge on any atom is -0.340 e. The maximum atomic E-state index is 12.0. The summed E-state index contributed by atoms with van der Waals surface area (Å²) in [6.45, 7) is 9.36. The molecule has 1 aliphatic carbocycles. The van der Waals surface area contributed by atoms with E-state index in [1.54, 1.807) is 5.57 Å². The number of hydrogen-bond donors (Lipinski definition) is 0. The lowest BCUT2D eigenvalue weighted by Crippen LogP contribution is -2.49. The summed E-state index contributed by atoms with van der Waals surface area (Å²) in [4.78, 5) is 16.6. The molecule has 1 amide bonds. The lowest BCUT2D eigenvalue weighted by molar-refractivity contribution is -0.133. The van der Waals surface area contributed by atoms with Crippen molar-refractivity contribution in [3.8, 4) is 0 Å². The molecule has 0 bridgehead atoms. The lowest BCUT2D eigenvalue weighted by atomic mass is 9.97. The SMILES string of the molecule is CC(C)CC(=O)N1CCN(CCC2=CCCCC2)CC1. The molecule has 0 N–H and O–H groups in total. The smallest absolute Gasteiger partial charge is 0.222 e. The summed E-state index contributed by atoms with van der Waals surface area (Å²) < 4.78 is 0. The van der Waals surface area contributed by atoms with E-state index in [1.807, 2.05) is 0 Å². The first-order valence-electron chi connectivity index (χ1n) is 8.33. The summed E-state index contributed by atoms with van der Waals surface area (Å²) in [5, 5.41) is 0. The van der Waals surface area contributed by atoms with E-state index in [4.69, 9.17) is 0 Å². The van der Waals surface area contributed by atoms with Gasteiger partial charge in [-0.3, -0.25) is 9.69 Å². The van der Waals surface area contributed by atoms with Crippen LogP contribution in [0.5, 0.6) is 0 Å². The lowest BCUT2D eigenvalue weighted by Gasteiger charge is -2.35. The van der Waals surface area contributed by atoms with Crippen LogP contribution in [0.3, 0.4) is 0 Å². The molecule has 3 nitrogen and oxygen atoms in total. The average molecular weight is 278 g/mol. The number of amides is 1. The van der Waals surface area contributed by atoms with E-state index >= 15 is 0 Å². The maximum absolute atomic E-state index is 12.0. The molecule has 0 unspecified atom stereocenters. The molecule has 2 aliphatic rings. The van der Waals surface area contributed by atoms with Crippen molar-refractivity contribution in [2.24, 2.45) is 5.92 Å². The summed E-state index contributed by atoms with van der Waals surface area (Å²) >= 11 is 0. The van der Waals surface area contributed by atoms with Crippen LogP contribution >= 0.6 is 0 Å². The van der Waals surface area contributed by atoms with Crippen molar-refractivity contribution >= 4 is 5.91 Å². The summed E-state index contributed by atoms with van der Waals surface area (Å²) in [7, 11) is 0. The van der Waals surface area contributed by atoms with Crippen LogP contribution in [0.15, 0.2) is 11.6 Å². The van der Waals surface area contributed by atoms with E-state index in [9.17, 15) is 4.79 Å². The van der Waals surface area contributed by atoms with Crippen molar-refractivity contribution < 1.29 is 4.79 Å². The molecule has 0 radical (unpaired) electrons. The Morgan fingerprint density at radius 2 is 1.95 bits per heavy atom. The van der Waals surface area contributed by atoms with E-state index in [2.05, 4.69) is 29.7 Å². The van der Waals surface area contributed by atoms with Crippen molar-refractivity contribution in [2.75, 3.05) is 32.7 Å². The van der Waals surface area contributed by atoms with Gasteiger partial charge in [0.2, 0.25) is 5.91 Å². The second kappa shape index (κ2) is 7.82. The number of piperazine rings is 1. The summed E-state index contributed by atoms with van der Waals surface area (Å²) in [6, 6.07) is 0. The van der Waals surface area contributed by atoms with Gasteiger partial charge in [0.25, 0.3) is 0 Å². The Hall–Kier alpha value is -0.830. The molecule has 1 aliphatic heterocycles. The molecule has 1 fully saturated rings. The van der Waals surface area contributed by atoms with Gasteiger partial charge in [0, 0.05) is 39.1 Å². The first kappa shape index (κ1) is 15.6. The molecular weight excluding hydrogens is 248 g/mol. The Bertz CT molecular complexity index is 341. The molecular formula is C17H30N2O. The molecule has 0 saturated carbocycles. The van der Waals surface area contributed by atoms with E-state index in [0.29, 0.717) is 18.2 Å². The highest BCUT2D eigenvalue weighted by Crippen LogP contribution is 2.20. The highest BCUT2D eigenvalue weighted by Gasteiger charge is 2.21. The molecule has 114 valence electrons. The second-order valence-corrected chi connectivity index (χ2v) is 6.68. The van der Waals surface area contributed by atoms with E-state index in [1.165, 1.54) is 38.6 Å². The standard InChI is InChI=1S/C17H30N2O/c1-15(2)14-17(20)19-12-10-18(11-13-19)9-8-16-6-4-3-5-7-16/h6,15H,3-5,7-14H2,1-2H3. The molecule has 0 aromatic rings. The van der Waals surface area contributed by atoms with Gasteiger partial charge in [-0.1, -0.05) is 25.5 Å². The Morgan fingerprint density at radius 1 is 1.20 bits per heavy atom. The van der Waals surface area contributed by atoms with Gasteiger partial charge in [0.1, 0.15) is 0 Å². The fourth-order valence-corrected chi connectivity index (χ4v) is 3.13. The minimum absolute atomic E-state index is 0.342. The highest BCUT2D eigenvalue weighted by atomic mass is 16.2. The van der Waals surface area contributed by atoms with Gasteiger partial charge in [-0.05, 0) is 38.0 Å². The molecule has 0 aromatic heterocycles. The predicted octanol–water partition coefficient (Wildman–Crippen LogP) is 3.07. The highest BCUT2D eigenvalue weighted by molar-refractivity contribution is 5.76. The summed E-state index contributed by atoms with van der Waals surface area (Å²) in [5.41, 5.74) is 1.66. The fraction of sp³-hybridized carbons (Fsp3) is 0.824. The normalized spacial score (nSPS) is 21.1. The Morgan fingerprint density at radius 3 is 2.55 bits per heavy atom. The number of nitrogens with zero attached hydrogens (tertiary/aromatic N) is 2. The van der Waals surface area contributed by atoms with Crippen LogP contribution in [0.4, 0.5) is 0 Å². The van der Waals surface area contributed by atoms with Crippen molar-refractivity contribution in [2.45, 2.75) is 52.4 Å². The van der Waals surface area contributed by atoms with Crippen LogP contribution in [-0.2, 0) is 4.79 Å². The van der Waals surface area contributed by atoms with Crippen LogP contribution in [0.25, 0.3) is 0 Å². The molecule has 1 heterocycles. The van der Waals surface area contributed by atoms with Gasteiger partial charge in [-0.2, -0.15) is 0 Å². The topological polar surface area (TPSA) is 23.6 Å². The van der Waals surface area contributed by atoms with Crippen LogP contribution in [0, 0.1) is 5.92 Å². The van der Waals surface area contributed by atoms with Crippen molar-refractivity contribution in [1.82, 2.24) is 9.80 Å². The first-order chi connectivity index (χ1) is 9.65. The third kappa shape index (κ3) is 4.93. The Labute approximate surface area is 124 Å². The largest absolute Gasteiger partial charge is 0.340 e. The minimum atomic E-state index is 0.342. The zero-order valence-corrected chi connectivity index (χ0v) is 13.2.